The van der Waals surface area contributed by atoms with Gasteiger partial charge in [0.25, 0.3) is 5.88 Å². The van der Waals surface area contributed by atoms with E-state index in [1.807, 2.05) is 6.92 Å². The second-order valence-corrected chi connectivity index (χ2v) is 1.62. The minimum atomic E-state index is 0.306. The Balaban J connectivity index is 2.81. The molecule has 0 amide bonds. The smallest absolute Gasteiger partial charge is 0.257 e. The SMILES string of the molecule is CCOc1n[c]cnc1N. The van der Waals surface area contributed by atoms with Crippen LogP contribution < -0.4 is 10.5 Å². The van der Waals surface area contributed by atoms with Crippen LogP contribution in [0.4, 0.5) is 5.82 Å². The lowest BCUT2D eigenvalue weighted by Gasteiger charge is -2.01. The van der Waals surface area contributed by atoms with Crippen LogP contribution in [-0.4, -0.2) is 16.6 Å². The standard InChI is InChI=1S/C6H8N3O/c1-2-10-6-5(7)8-3-4-9-6/h3H,2H2,1H3,(H2,7,8). The fourth-order valence-corrected chi connectivity index (χ4v) is 0.541. The molecule has 0 aliphatic heterocycles. The summed E-state index contributed by atoms with van der Waals surface area (Å²) in [6, 6.07) is 0. The third kappa shape index (κ3) is 1.34. The van der Waals surface area contributed by atoms with Crippen molar-refractivity contribution in [2.75, 3.05) is 12.3 Å². The Morgan fingerprint density at radius 3 is 3.20 bits per heavy atom. The number of ether oxygens (including phenoxy) is 1. The van der Waals surface area contributed by atoms with E-state index in [1.165, 1.54) is 6.20 Å². The molecule has 0 aromatic carbocycles. The molecular weight excluding hydrogens is 130 g/mol. The van der Waals surface area contributed by atoms with Crippen molar-refractivity contribution in [3.05, 3.63) is 12.4 Å². The second kappa shape index (κ2) is 3.00. The number of nitrogens with zero attached hydrogens (tertiary/aromatic N) is 2. The van der Waals surface area contributed by atoms with E-state index in [1.54, 1.807) is 0 Å². The summed E-state index contributed by atoms with van der Waals surface area (Å²) in [7, 11) is 0. The van der Waals surface area contributed by atoms with Crippen molar-refractivity contribution >= 4 is 5.82 Å². The van der Waals surface area contributed by atoms with E-state index in [-0.39, 0.29) is 0 Å². The first-order valence-corrected chi connectivity index (χ1v) is 2.96. The van der Waals surface area contributed by atoms with Crippen molar-refractivity contribution in [2.24, 2.45) is 0 Å². The lowest BCUT2D eigenvalue weighted by Crippen LogP contribution is -2.00. The molecule has 0 bridgehead atoms. The number of nitrogen functional groups attached to an aromatic ring is 1. The number of rotatable bonds is 2. The lowest BCUT2D eigenvalue weighted by molar-refractivity contribution is 0.327. The average Bonchev–Trinajstić information content (AvgIpc) is 1.94. The summed E-state index contributed by atoms with van der Waals surface area (Å²) >= 11 is 0. The highest BCUT2D eigenvalue weighted by Gasteiger charge is 1.98. The van der Waals surface area contributed by atoms with Gasteiger partial charge in [0, 0.05) is 0 Å². The molecule has 1 rings (SSSR count). The van der Waals surface area contributed by atoms with Crippen LogP contribution in [0.1, 0.15) is 6.92 Å². The number of nitrogens with two attached hydrogens (primary N) is 1. The highest BCUT2D eigenvalue weighted by molar-refractivity contribution is 5.38. The van der Waals surface area contributed by atoms with Crippen LogP contribution in [0.3, 0.4) is 0 Å². The first kappa shape index (κ1) is 6.80. The predicted molar refractivity (Wildman–Crippen MR) is 36.4 cm³/mol. The molecule has 1 aromatic rings. The van der Waals surface area contributed by atoms with Crippen LogP contribution >= 0.6 is 0 Å². The van der Waals surface area contributed by atoms with Crippen molar-refractivity contribution in [2.45, 2.75) is 6.92 Å². The molecule has 1 radical (unpaired) electrons. The fraction of sp³-hybridized carbons (Fsp3) is 0.333. The van der Waals surface area contributed by atoms with Gasteiger partial charge in [0.15, 0.2) is 5.82 Å². The number of aromatic nitrogens is 2. The molecule has 53 valence electrons. The van der Waals surface area contributed by atoms with Crippen LogP contribution in [0, 0.1) is 6.20 Å². The van der Waals surface area contributed by atoms with Gasteiger partial charge in [-0.1, -0.05) is 0 Å². The number of anilines is 1. The summed E-state index contributed by atoms with van der Waals surface area (Å²) in [4.78, 5) is 7.47. The largest absolute Gasteiger partial charge is 0.475 e. The van der Waals surface area contributed by atoms with Crippen molar-refractivity contribution in [1.29, 1.82) is 0 Å². The summed E-state index contributed by atoms with van der Waals surface area (Å²) in [5.41, 5.74) is 5.39. The van der Waals surface area contributed by atoms with Crippen molar-refractivity contribution < 1.29 is 4.74 Å². The van der Waals surface area contributed by atoms with Gasteiger partial charge in [-0.3, -0.25) is 0 Å². The lowest BCUT2D eigenvalue weighted by atomic mass is 10.6. The van der Waals surface area contributed by atoms with Gasteiger partial charge in [0.05, 0.1) is 12.8 Å². The van der Waals surface area contributed by atoms with Gasteiger partial charge in [-0.2, -0.15) is 0 Å². The van der Waals surface area contributed by atoms with Crippen LogP contribution in [0.5, 0.6) is 5.88 Å². The van der Waals surface area contributed by atoms with Crippen LogP contribution in [0.25, 0.3) is 0 Å². The first-order chi connectivity index (χ1) is 4.84. The van der Waals surface area contributed by atoms with E-state index in [0.29, 0.717) is 18.3 Å². The summed E-state index contributed by atoms with van der Waals surface area (Å²) in [6.07, 6.45) is 3.92. The Labute approximate surface area is 59.1 Å². The minimum absolute atomic E-state index is 0.306. The van der Waals surface area contributed by atoms with E-state index in [4.69, 9.17) is 10.5 Å². The fourth-order valence-electron chi connectivity index (χ4n) is 0.541. The van der Waals surface area contributed by atoms with Crippen LogP contribution in [-0.2, 0) is 0 Å². The number of hydrogen-bond donors (Lipinski definition) is 1. The first-order valence-electron chi connectivity index (χ1n) is 2.96. The van der Waals surface area contributed by atoms with E-state index in [0.717, 1.165) is 0 Å². The van der Waals surface area contributed by atoms with Gasteiger partial charge in [0.1, 0.15) is 6.20 Å². The van der Waals surface area contributed by atoms with Crippen molar-refractivity contribution in [1.82, 2.24) is 9.97 Å². The van der Waals surface area contributed by atoms with Crippen LogP contribution in [0.15, 0.2) is 6.20 Å². The summed E-state index contributed by atoms with van der Waals surface area (Å²) < 4.78 is 5.01. The number of hydrogen-bond acceptors (Lipinski definition) is 4. The van der Waals surface area contributed by atoms with E-state index in [9.17, 15) is 0 Å². The molecular formula is C6H8N3O. The molecule has 0 fully saturated rings. The van der Waals surface area contributed by atoms with Gasteiger partial charge < -0.3 is 10.5 Å². The normalized spacial score (nSPS) is 9.30. The van der Waals surface area contributed by atoms with Gasteiger partial charge in [-0.15, -0.1) is 0 Å². The van der Waals surface area contributed by atoms with Crippen LogP contribution in [0.2, 0.25) is 0 Å². The molecule has 4 heteroatoms. The Morgan fingerprint density at radius 2 is 2.60 bits per heavy atom. The van der Waals surface area contributed by atoms with E-state index < -0.39 is 0 Å². The average molecular weight is 138 g/mol. The topological polar surface area (TPSA) is 61.0 Å². The molecule has 0 saturated carbocycles. The molecule has 4 nitrogen and oxygen atoms in total. The Kier molecular flexibility index (Phi) is 2.04. The zero-order valence-corrected chi connectivity index (χ0v) is 5.66. The van der Waals surface area contributed by atoms with E-state index in [2.05, 4.69) is 16.2 Å². The molecule has 0 saturated heterocycles. The summed E-state index contributed by atoms with van der Waals surface area (Å²) in [5.74, 6) is 0.658. The third-order valence-electron chi connectivity index (χ3n) is 0.928. The summed E-state index contributed by atoms with van der Waals surface area (Å²) in [6.45, 7) is 2.39. The maximum absolute atomic E-state index is 5.39. The summed E-state index contributed by atoms with van der Waals surface area (Å²) in [5, 5.41) is 0. The monoisotopic (exact) mass is 138 g/mol. The Bertz CT molecular complexity index is 214. The molecule has 0 unspecified atom stereocenters. The zero-order chi connectivity index (χ0) is 7.40. The molecule has 2 N–H and O–H groups in total. The zero-order valence-electron chi connectivity index (χ0n) is 5.66. The van der Waals surface area contributed by atoms with Crippen molar-refractivity contribution in [3.63, 3.8) is 0 Å². The molecule has 10 heavy (non-hydrogen) atoms. The third-order valence-corrected chi connectivity index (χ3v) is 0.928. The highest BCUT2D eigenvalue weighted by Crippen LogP contribution is 2.11. The Morgan fingerprint density at radius 1 is 1.80 bits per heavy atom. The quantitative estimate of drug-likeness (QED) is 0.636. The molecule has 0 aliphatic carbocycles. The van der Waals surface area contributed by atoms with Gasteiger partial charge in [-0.25, -0.2) is 9.97 Å². The molecule has 1 aromatic heterocycles. The maximum atomic E-state index is 5.39. The van der Waals surface area contributed by atoms with Gasteiger partial charge >= 0.3 is 0 Å². The predicted octanol–water partition coefficient (Wildman–Crippen LogP) is 0.258. The molecule has 0 spiro atoms. The molecule has 0 atom stereocenters. The van der Waals surface area contributed by atoms with Gasteiger partial charge in [0.2, 0.25) is 0 Å². The second-order valence-electron chi connectivity index (χ2n) is 1.62. The highest BCUT2D eigenvalue weighted by atomic mass is 16.5. The molecule has 1 heterocycles. The Hall–Kier alpha value is -1.32. The van der Waals surface area contributed by atoms with E-state index >= 15 is 0 Å². The minimum Gasteiger partial charge on any atom is -0.475 e. The molecule has 0 aliphatic rings. The van der Waals surface area contributed by atoms with Gasteiger partial charge in [-0.05, 0) is 6.92 Å². The maximum Gasteiger partial charge on any atom is 0.257 e. The van der Waals surface area contributed by atoms with Crippen molar-refractivity contribution in [3.8, 4) is 5.88 Å².